The molecule has 1 aliphatic rings. The first-order valence-corrected chi connectivity index (χ1v) is 10.6. The third-order valence-electron chi connectivity index (χ3n) is 4.80. The van der Waals surface area contributed by atoms with E-state index in [0.717, 1.165) is 12.8 Å². The van der Waals surface area contributed by atoms with Crippen molar-refractivity contribution in [3.8, 4) is 6.07 Å². The summed E-state index contributed by atoms with van der Waals surface area (Å²) in [6.07, 6.45) is 1.89. The Labute approximate surface area is 164 Å². The molecule has 28 heavy (non-hydrogen) atoms. The SMILES string of the molecule is Cc1nn(CCC(=O)Nc2cccc(C#N)c2)c(C)c1S(=O)(=O)N1CCCC1. The summed E-state index contributed by atoms with van der Waals surface area (Å²) in [5.41, 5.74) is 2.01. The molecule has 0 saturated carbocycles. The molecule has 0 spiro atoms. The molecule has 2 heterocycles. The average molecular weight is 401 g/mol. The minimum Gasteiger partial charge on any atom is -0.326 e. The summed E-state index contributed by atoms with van der Waals surface area (Å²) in [6, 6.07) is 8.70. The second kappa shape index (κ2) is 8.12. The first-order valence-electron chi connectivity index (χ1n) is 9.17. The Kier molecular flexibility index (Phi) is 5.82. The first-order chi connectivity index (χ1) is 13.3. The molecule has 0 bridgehead atoms. The summed E-state index contributed by atoms with van der Waals surface area (Å²) >= 11 is 0. The fourth-order valence-corrected chi connectivity index (χ4v) is 5.32. The number of carbonyl (C=O) groups excluding carboxylic acids is 1. The summed E-state index contributed by atoms with van der Waals surface area (Å²) in [5, 5.41) is 16.0. The van der Waals surface area contributed by atoms with Crippen LogP contribution in [-0.4, -0.2) is 41.5 Å². The number of aryl methyl sites for hydroxylation is 2. The summed E-state index contributed by atoms with van der Waals surface area (Å²) in [6.45, 7) is 4.75. The van der Waals surface area contributed by atoms with Crippen LogP contribution in [0, 0.1) is 25.2 Å². The molecular weight excluding hydrogens is 378 g/mol. The summed E-state index contributed by atoms with van der Waals surface area (Å²) in [5.74, 6) is -0.230. The highest BCUT2D eigenvalue weighted by Gasteiger charge is 2.32. The zero-order valence-electron chi connectivity index (χ0n) is 16.0. The molecule has 1 aliphatic heterocycles. The molecular formula is C19H23N5O3S. The predicted molar refractivity (Wildman–Crippen MR) is 104 cm³/mol. The molecule has 3 rings (SSSR count). The molecule has 1 saturated heterocycles. The van der Waals surface area contributed by atoms with Gasteiger partial charge in [0, 0.05) is 25.2 Å². The number of benzene rings is 1. The van der Waals surface area contributed by atoms with E-state index in [9.17, 15) is 13.2 Å². The van der Waals surface area contributed by atoms with Gasteiger partial charge >= 0.3 is 0 Å². The quantitative estimate of drug-likeness (QED) is 0.798. The predicted octanol–water partition coefficient (Wildman–Crippen LogP) is 2.18. The van der Waals surface area contributed by atoms with Crippen molar-refractivity contribution in [2.45, 2.75) is 44.6 Å². The van der Waals surface area contributed by atoms with Gasteiger partial charge in [0.25, 0.3) is 0 Å². The van der Waals surface area contributed by atoms with E-state index in [1.807, 2.05) is 6.07 Å². The van der Waals surface area contributed by atoms with Gasteiger partial charge in [-0.05, 0) is 44.9 Å². The summed E-state index contributed by atoms with van der Waals surface area (Å²) in [4.78, 5) is 12.5. The van der Waals surface area contributed by atoms with E-state index in [-0.39, 0.29) is 23.8 Å². The van der Waals surface area contributed by atoms with Crippen molar-refractivity contribution >= 4 is 21.6 Å². The second-order valence-electron chi connectivity index (χ2n) is 6.83. The van der Waals surface area contributed by atoms with Crippen LogP contribution >= 0.6 is 0 Å². The molecule has 0 unspecified atom stereocenters. The van der Waals surface area contributed by atoms with Crippen LogP contribution in [0.3, 0.4) is 0 Å². The van der Waals surface area contributed by atoms with E-state index >= 15 is 0 Å². The Morgan fingerprint density at radius 2 is 2.00 bits per heavy atom. The van der Waals surface area contributed by atoms with Crippen molar-refractivity contribution in [2.24, 2.45) is 0 Å². The van der Waals surface area contributed by atoms with Crippen LogP contribution in [0.5, 0.6) is 0 Å². The highest BCUT2D eigenvalue weighted by atomic mass is 32.2. The van der Waals surface area contributed by atoms with Crippen LogP contribution in [0.25, 0.3) is 0 Å². The van der Waals surface area contributed by atoms with Crippen LogP contribution in [0.2, 0.25) is 0 Å². The minimum atomic E-state index is -3.56. The van der Waals surface area contributed by atoms with Gasteiger partial charge < -0.3 is 5.32 Å². The van der Waals surface area contributed by atoms with Crippen LogP contribution in [0.1, 0.15) is 36.2 Å². The fraction of sp³-hybridized carbons (Fsp3) is 0.421. The van der Waals surface area contributed by atoms with E-state index in [1.165, 1.54) is 4.31 Å². The lowest BCUT2D eigenvalue weighted by Crippen LogP contribution is -2.28. The smallest absolute Gasteiger partial charge is 0.246 e. The van der Waals surface area contributed by atoms with Crippen molar-refractivity contribution < 1.29 is 13.2 Å². The lowest BCUT2D eigenvalue weighted by molar-refractivity contribution is -0.116. The number of hydrogen-bond acceptors (Lipinski definition) is 5. The van der Waals surface area contributed by atoms with Crippen LogP contribution < -0.4 is 5.32 Å². The molecule has 0 radical (unpaired) electrons. The normalized spacial score (nSPS) is 14.8. The summed E-state index contributed by atoms with van der Waals surface area (Å²) in [7, 11) is -3.56. The number of nitrogens with zero attached hydrogens (tertiary/aromatic N) is 4. The van der Waals surface area contributed by atoms with Gasteiger partial charge in [-0.25, -0.2) is 8.42 Å². The van der Waals surface area contributed by atoms with Crippen LogP contribution in [0.15, 0.2) is 29.2 Å². The molecule has 0 atom stereocenters. The van der Waals surface area contributed by atoms with Gasteiger partial charge in [0.15, 0.2) is 0 Å². The van der Waals surface area contributed by atoms with E-state index < -0.39 is 10.0 Å². The Balaban J connectivity index is 1.70. The van der Waals surface area contributed by atoms with Gasteiger partial charge in [-0.1, -0.05) is 6.07 Å². The monoisotopic (exact) mass is 401 g/mol. The average Bonchev–Trinajstić information content (AvgIpc) is 3.29. The maximum atomic E-state index is 12.9. The molecule has 1 aromatic heterocycles. The second-order valence-corrected chi connectivity index (χ2v) is 8.70. The Morgan fingerprint density at radius 3 is 2.68 bits per heavy atom. The maximum absolute atomic E-state index is 12.9. The standard InChI is InChI=1S/C19H23N5O3S/c1-14-19(28(26,27)23-9-3-4-10-23)15(2)24(22-14)11-8-18(25)21-17-7-5-6-16(12-17)13-20/h5-7,12H,3-4,8-11H2,1-2H3,(H,21,25). The summed E-state index contributed by atoms with van der Waals surface area (Å²) < 4.78 is 28.9. The fourth-order valence-electron chi connectivity index (χ4n) is 3.43. The van der Waals surface area contributed by atoms with Crippen molar-refractivity contribution in [1.82, 2.24) is 14.1 Å². The molecule has 1 fully saturated rings. The molecule has 1 N–H and O–H groups in total. The van der Waals surface area contributed by atoms with Gasteiger partial charge in [0.1, 0.15) is 4.90 Å². The van der Waals surface area contributed by atoms with E-state index in [0.29, 0.717) is 35.7 Å². The largest absolute Gasteiger partial charge is 0.326 e. The van der Waals surface area contributed by atoms with Crippen LogP contribution in [0.4, 0.5) is 5.69 Å². The van der Waals surface area contributed by atoms with Gasteiger partial charge in [0.2, 0.25) is 15.9 Å². The highest BCUT2D eigenvalue weighted by Crippen LogP contribution is 2.26. The number of sulfonamides is 1. The molecule has 1 aromatic carbocycles. The molecule has 8 nitrogen and oxygen atoms in total. The zero-order chi connectivity index (χ0) is 20.3. The van der Waals surface area contributed by atoms with Gasteiger partial charge in [0.05, 0.1) is 29.6 Å². The number of aromatic nitrogens is 2. The molecule has 9 heteroatoms. The lowest BCUT2D eigenvalue weighted by Gasteiger charge is -2.15. The zero-order valence-corrected chi connectivity index (χ0v) is 16.8. The van der Waals surface area contributed by atoms with Gasteiger partial charge in [-0.15, -0.1) is 0 Å². The van der Waals surface area contributed by atoms with Gasteiger partial charge in [-0.3, -0.25) is 9.48 Å². The van der Waals surface area contributed by atoms with Gasteiger partial charge in [-0.2, -0.15) is 14.7 Å². The van der Waals surface area contributed by atoms with E-state index in [2.05, 4.69) is 10.4 Å². The number of nitriles is 1. The number of nitrogens with one attached hydrogen (secondary N) is 1. The van der Waals surface area contributed by atoms with Crippen molar-refractivity contribution in [1.29, 1.82) is 5.26 Å². The molecule has 2 aromatic rings. The molecule has 148 valence electrons. The van der Waals surface area contributed by atoms with Crippen molar-refractivity contribution in [2.75, 3.05) is 18.4 Å². The lowest BCUT2D eigenvalue weighted by atomic mass is 10.2. The third-order valence-corrected chi connectivity index (χ3v) is 6.96. The number of carbonyl (C=O) groups is 1. The minimum absolute atomic E-state index is 0.141. The number of anilines is 1. The topological polar surface area (TPSA) is 108 Å². The van der Waals surface area contributed by atoms with E-state index in [4.69, 9.17) is 5.26 Å². The number of amides is 1. The number of hydrogen-bond donors (Lipinski definition) is 1. The van der Waals surface area contributed by atoms with Crippen LogP contribution in [-0.2, 0) is 21.4 Å². The Bertz CT molecular complexity index is 1030. The Morgan fingerprint density at radius 1 is 1.29 bits per heavy atom. The molecule has 0 aliphatic carbocycles. The third kappa shape index (κ3) is 4.08. The van der Waals surface area contributed by atoms with Crippen molar-refractivity contribution in [3.05, 3.63) is 41.2 Å². The Hall–Kier alpha value is -2.70. The number of rotatable bonds is 6. The van der Waals surface area contributed by atoms with Crippen molar-refractivity contribution in [3.63, 3.8) is 0 Å². The first kappa shape index (κ1) is 20.0. The molecule has 1 amide bonds. The van der Waals surface area contributed by atoms with E-state index in [1.54, 1.807) is 42.8 Å². The highest BCUT2D eigenvalue weighted by molar-refractivity contribution is 7.89. The maximum Gasteiger partial charge on any atom is 0.246 e.